The Kier molecular flexibility index (Phi) is 3.45. The molecule has 21 heavy (non-hydrogen) atoms. The van der Waals surface area contributed by atoms with E-state index in [4.69, 9.17) is 9.78 Å². The SMILES string of the molecule is N#Cc1ccccc1-c1csc(NC(=O)c2ccno2)n1. The highest BCUT2D eigenvalue weighted by Crippen LogP contribution is 2.27. The van der Waals surface area contributed by atoms with Crippen LogP contribution in [0.25, 0.3) is 11.3 Å². The zero-order chi connectivity index (χ0) is 14.7. The van der Waals surface area contributed by atoms with E-state index in [2.05, 4.69) is 21.5 Å². The van der Waals surface area contributed by atoms with E-state index in [1.165, 1.54) is 23.6 Å². The Labute approximate surface area is 123 Å². The van der Waals surface area contributed by atoms with Crippen LogP contribution in [0.15, 0.2) is 46.4 Å². The van der Waals surface area contributed by atoms with Gasteiger partial charge in [0.2, 0.25) is 5.76 Å². The quantitative estimate of drug-likeness (QED) is 0.802. The van der Waals surface area contributed by atoms with Crippen molar-refractivity contribution in [2.24, 2.45) is 0 Å². The van der Waals surface area contributed by atoms with Crippen LogP contribution in [0.2, 0.25) is 0 Å². The van der Waals surface area contributed by atoms with E-state index >= 15 is 0 Å². The van der Waals surface area contributed by atoms with E-state index in [0.29, 0.717) is 16.4 Å². The molecule has 102 valence electrons. The van der Waals surface area contributed by atoms with Crippen molar-refractivity contribution in [1.82, 2.24) is 10.1 Å². The van der Waals surface area contributed by atoms with Gasteiger partial charge in [-0.3, -0.25) is 10.1 Å². The number of nitrogens with zero attached hydrogens (tertiary/aromatic N) is 3. The molecule has 2 aromatic heterocycles. The molecule has 0 unspecified atom stereocenters. The van der Waals surface area contributed by atoms with Gasteiger partial charge >= 0.3 is 0 Å². The Balaban J connectivity index is 1.84. The molecule has 0 fully saturated rings. The maximum absolute atomic E-state index is 11.8. The Morgan fingerprint density at radius 2 is 2.19 bits per heavy atom. The predicted octanol–water partition coefficient (Wildman–Crippen LogP) is 2.92. The fraction of sp³-hybridized carbons (Fsp3) is 0. The molecule has 0 aliphatic carbocycles. The molecule has 0 bridgehead atoms. The van der Waals surface area contributed by atoms with Gasteiger partial charge in [-0.2, -0.15) is 5.26 Å². The predicted molar refractivity (Wildman–Crippen MR) is 76.7 cm³/mol. The summed E-state index contributed by atoms with van der Waals surface area (Å²) in [5, 5.41) is 17.4. The van der Waals surface area contributed by atoms with Gasteiger partial charge in [0.25, 0.3) is 5.91 Å². The standard InChI is InChI=1S/C14H8N4O2S/c15-7-9-3-1-2-4-10(9)11-8-21-14(17-11)18-13(19)12-5-6-16-20-12/h1-6,8H,(H,17,18,19). The molecule has 3 aromatic rings. The number of hydrogen-bond acceptors (Lipinski definition) is 6. The highest BCUT2D eigenvalue weighted by molar-refractivity contribution is 7.14. The van der Waals surface area contributed by atoms with E-state index < -0.39 is 5.91 Å². The second-order valence-electron chi connectivity index (χ2n) is 4.03. The highest BCUT2D eigenvalue weighted by atomic mass is 32.1. The summed E-state index contributed by atoms with van der Waals surface area (Å²) >= 11 is 1.27. The third-order valence-corrected chi connectivity index (χ3v) is 3.47. The summed E-state index contributed by atoms with van der Waals surface area (Å²) in [6, 6.07) is 10.8. The molecule has 0 aliphatic rings. The maximum Gasteiger partial charge on any atom is 0.296 e. The summed E-state index contributed by atoms with van der Waals surface area (Å²) in [5.74, 6) is -0.300. The van der Waals surface area contributed by atoms with Crippen LogP contribution < -0.4 is 5.32 Å². The molecule has 7 heteroatoms. The van der Waals surface area contributed by atoms with Gasteiger partial charge < -0.3 is 4.52 Å². The van der Waals surface area contributed by atoms with Gasteiger partial charge in [-0.25, -0.2) is 4.98 Å². The number of anilines is 1. The van der Waals surface area contributed by atoms with Crippen molar-refractivity contribution in [2.75, 3.05) is 5.32 Å². The molecule has 1 N–H and O–H groups in total. The zero-order valence-electron chi connectivity index (χ0n) is 10.6. The Hall–Kier alpha value is -2.98. The molecule has 0 saturated heterocycles. The van der Waals surface area contributed by atoms with Crippen molar-refractivity contribution in [1.29, 1.82) is 5.26 Å². The van der Waals surface area contributed by atoms with Crippen molar-refractivity contribution in [3.05, 3.63) is 53.2 Å². The summed E-state index contributed by atoms with van der Waals surface area (Å²) in [6.45, 7) is 0. The van der Waals surface area contributed by atoms with Crippen LogP contribution in [-0.4, -0.2) is 16.0 Å². The molecule has 1 aromatic carbocycles. The van der Waals surface area contributed by atoms with Gasteiger partial charge in [0.05, 0.1) is 23.5 Å². The molecular weight excluding hydrogens is 288 g/mol. The van der Waals surface area contributed by atoms with E-state index in [1.807, 2.05) is 12.1 Å². The van der Waals surface area contributed by atoms with Crippen LogP contribution in [0.3, 0.4) is 0 Å². The molecular formula is C14H8N4O2S. The Morgan fingerprint density at radius 1 is 1.33 bits per heavy atom. The highest BCUT2D eigenvalue weighted by Gasteiger charge is 2.13. The second-order valence-corrected chi connectivity index (χ2v) is 4.88. The third-order valence-electron chi connectivity index (χ3n) is 2.71. The van der Waals surface area contributed by atoms with Crippen molar-refractivity contribution < 1.29 is 9.32 Å². The van der Waals surface area contributed by atoms with Gasteiger partial charge in [0, 0.05) is 17.0 Å². The first-order valence-electron chi connectivity index (χ1n) is 5.95. The first kappa shape index (κ1) is 13.0. The van der Waals surface area contributed by atoms with E-state index in [0.717, 1.165) is 5.56 Å². The zero-order valence-corrected chi connectivity index (χ0v) is 11.4. The number of benzene rings is 1. The normalized spacial score (nSPS) is 10.0. The van der Waals surface area contributed by atoms with Gasteiger partial charge in [0.1, 0.15) is 0 Å². The van der Waals surface area contributed by atoms with E-state index in [9.17, 15) is 4.79 Å². The molecule has 0 spiro atoms. The fourth-order valence-corrected chi connectivity index (χ4v) is 2.46. The van der Waals surface area contributed by atoms with Crippen LogP contribution in [0.4, 0.5) is 5.13 Å². The fourth-order valence-electron chi connectivity index (χ4n) is 1.75. The first-order chi connectivity index (χ1) is 10.3. The average Bonchev–Trinajstić information content (AvgIpc) is 3.18. The largest absolute Gasteiger partial charge is 0.351 e. The van der Waals surface area contributed by atoms with Gasteiger partial charge in [-0.05, 0) is 6.07 Å². The minimum atomic E-state index is -0.415. The van der Waals surface area contributed by atoms with Crippen LogP contribution >= 0.6 is 11.3 Å². The minimum Gasteiger partial charge on any atom is -0.351 e. The number of aromatic nitrogens is 2. The number of rotatable bonds is 3. The number of hydrogen-bond donors (Lipinski definition) is 1. The van der Waals surface area contributed by atoms with Gasteiger partial charge in [-0.1, -0.05) is 23.4 Å². The lowest BCUT2D eigenvalue weighted by atomic mass is 10.1. The number of carbonyl (C=O) groups excluding carboxylic acids is 1. The molecule has 0 saturated carbocycles. The molecule has 1 amide bonds. The van der Waals surface area contributed by atoms with E-state index in [1.54, 1.807) is 17.5 Å². The van der Waals surface area contributed by atoms with Crippen LogP contribution in [0.5, 0.6) is 0 Å². The summed E-state index contributed by atoms with van der Waals surface area (Å²) in [5.41, 5.74) is 1.91. The van der Waals surface area contributed by atoms with Crippen LogP contribution in [0, 0.1) is 11.3 Å². The third kappa shape index (κ3) is 2.66. The lowest BCUT2D eigenvalue weighted by Crippen LogP contribution is -2.10. The van der Waals surface area contributed by atoms with Crippen LogP contribution in [-0.2, 0) is 0 Å². The monoisotopic (exact) mass is 296 g/mol. The second kappa shape index (κ2) is 5.56. The molecule has 3 rings (SSSR count). The van der Waals surface area contributed by atoms with Crippen molar-refractivity contribution >= 4 is 22.4 Å². The number of thiazole rings is 1. The smallest absolute Gasteiger partial charge is 0.296 e. The molecule has 0 aliphatic heterocycles. The first-order valence-corrected chi connectivity index (χ1v) is 6.83. The number of nitrogens with one attached hydrogen (secondary N) is 1. The minimum absolute atomic E-state index is 0.115. The van der Waals surface area contributed by atoms with Crippen molar-refractivity contribution in [3.63, 3.8) is 0 Å². The Bertz CT molecular complexity index is 818. The number of carbonyl (C=O) groups is 1. The summed E-state index contributed by atoms with van der Waals surface area (Å²) < 4.78 is 4.77. The Morgan fingerprint density at radius 3 is 2.95 bits per heavy atom. The summed E-state index contributed by atoms with van der Waals surface area (Å²) in [4.78, 5) is 16.1. The lowest BCUT2D eigenvalue weighted by Gasteiger charge is -1.99. The molecule has 6 nitrogen and oxygen atoms in total. The van der Waals surface area contributed by atoms with Gasteiger partial charge in [0.15, 0.2) is 5.13 Å². The lowest BCUT2D eigenvalue weighted by molar-refractivity contribution is 0.0988. The molecule has 0 atom stereocenters. The topological polar surface area (TPSA) is 91.8 Å². The average molecular weight is 296 g/mol. The maximum atomic E-state index is 11.8. The van der Waals surface area contributed by atoms with Crippen LogP contribution in [0.1, 0.15) is 16.1 Å². The van der Waals surface area contributed by atoms with Crippen molar-refractivity contribution in [2.45, 2.75) is 0 Å². The summed E-state index contributed by atoms with van der Waals surface area (Å²) in [7, 11) is 0. The van der Waals surface area contributed by atoms with Gasteiger partial charge in [-0.15, -0.1) is 11.3 Å². The number of amides is 1. The molecule has 0 radical (unpaired) electrons. The summed E-state index contributed by atoms with van der Waals surface area (Å²) in [6.07, 6.45) is 1.39. The van der Waals surface area contributed by atoms with E-state index in [-0.39, 0.29) is 5.76 Å². The molecule has 2 heterocycles. The number of nitriles is 1. The van der Waals surface area contributed by atoms with Crippen molar-refractivity contribution in [3.8, 4) is 17.3 Å².